The van der Waals surface area contributed by atoms with Gasteiger partial charge in [0.1, 0.15) is 12.4 Å². The van der Waals surface area contributed by atoms with Crippen molar-refractivity contribution < 1.29 is 4.79 Å². The SMILES string of the molecule is CC(C)N(C(=O)Cn1c([C@H](Sc2ccccc2)c2ccccc2)nc2ccccc21)c1ccccc1. The molecule has 1 heterocycles. The molecule has 0 radical (unpaired) electrons. The van der Waals surface area contributed by atoms with Crippen LogP contribution in [-0.2, 0) is 11.3 Å². The molecule has 1 aromatic heterocycles. The molecule has 0 bridgehead atoms. The summed E-state index contributed by atoms with van der Waals surface area (Å²) >= 11 is 1.75. The van der Waals surface area contributed by atoms with Gasteiger partial charge in [-0.1, -0.05) is 78.9 Å². The van der Waals surface area contributed by atoms with E-state index in [1.807, 2.05) is 65.6 Å². The third-order valence-corrected chi connectivity index (χ3v) is 7.39. The van der Waals surface area contributed by atoms with Crippen LogP contribution in [0.25, 0.3) is 11.0 Å². The Labute approximate surface area is 216 Å². The highest BCUT2D eigenvalue weighted by molar-refractivity contribution is 7.99. The fraction of sp³-hybridized carbons (Fsp3) is 0.161. The Morgan fingerprint density at radius 1 is 0.806 bits per heavy atom. The summed E-state index contributed by atoms with van der Waals surface area (Å²) in [7, 11) is 0. The average molecular weight is 492 g/mol. The van der Waals surface area contributed by atoms with E-state index in [-0.39, 0.29) is 23.7 Å². The minimum Gasteiger partial charge on any atom is -0.317 e. The highest BCUT2D eigenvalue weighted by atomic mass is 32.2. The molecule has 0 saturated heterocycles. The lowest BCUT2D eigenvalue weighted by molar-refractivity contribution is -0.119. The Hall–Kier alpha value is -3.83. The van der Waals surface area contributed by atoms with Gasteiger partial charge in [0.2, 0.25) is 5.91 Å². The first kappa shape index (κ1) is 23.9. The van der Waals surface area contributed by atoms with Crippen LogP contribution in [0.1, 0.15) is 30.5 Å². The molecule has 5 aromatic rings. The van der Waals surface area contributed by atoms with Crippen molar-refractivity contribution in [2.75, 3.05) is 4.90 Å². The van der Waals surface area contributed by atoms with Gasteiger partial charge < -0.3 is 9.47 Å². The van der Waals surface area contributed by atoms with E-state index < -0.39 is 0 Å². The Bertz CT molecular complexity index is 1430. The van der Waals surface area contributed by atoms with Gasteiger partial charge in [0, 0.05) is 16.6 Å². The van der Waals surface area contributed by atoms with Crippen molar-refractivity contribution in [2.24, 2.45) is 0 Å². The van der Waals surface area contributed by atoms with Gasteiger partial charge in [-0.25, -0.2) is 4.98 Å². The second-order valence-electron chi connectivity index (χ2n) is 8.96. The van der Waals surface area contributed by atoms with Gasteiger partial charge in [-0.15, -0.1) is 11.8 Å². The summed E-state index contributed by atoms with van der Waals surface area (Å²) < 4.78 is 2.10. The summed E-state index contributed by atoms with van der Waals surface area (Å²) in [4.78, 5) is 22.0. The number of thioether (sulfide) groups is 1. The number of anilines is 1. The predicted molar refractivity (Wildman–Crippen MR) is 149 cm³/mol. The number of carbonyl (C=O) groups is 1. The number of imidazole rings is 1. The smallest absolute Gasteiger partial charge is 0.247 e. The van der Waals surface area contributed by atoms with E-state index in [1.54, 1.807) is 11.8 Å². The van der Waals surface area contributed by atoms with Crippen LogP contribution in [0.5, 0.6) is 0 Å². The first-order valence-corrected chi connectivity index (χ1v) is 13.1. The molecule has 0 fully saturated rings. The number of fused-ring (bicyclic) bond motifs is 1. The van der Waals surface area contributed by atoms with Crippen LogP contribution >= 0.6 is 11.8 Å². The van der Waals surface area contributed by atoms with E-state index in [9.17, 15) is 4.79 Å². The van der Waals surface area contributed by atoms with Crippen molar-refractivity contribution in [1.29, 1.82) is 0 Å². The number of para-hydroxylation sites is 3. The van der Waals surface area contributed by atoms with E-state index in [4.69, 9.17) is 4.98 Å². The average Bonchev–Trinajstić information content (AvgIpc) is 3.27. The third-order valence-electron chi connectivity index (χ3n) is 6.13. The maximum absolute atomic E-state index is 13.8. The van der Waals surface area contributed by atoms with Crippen LogP contribution in [0.4, 0.5) is 5.69 Å². The molecule has 36 heavy (non-hydrogen) atoms. The van der Waals surface area contributed by atoms with Gasteiger partial charge in [0.25, 0.3) is 0 Å². The number of hydrogen-bond acceptors (Lipinski definition) is 3. The molecule has 0 aliphatic rings. The Balaban J connectivity index is 1.60. The number of amides is 1. The molecule has 4 nitrogen and oxygen atoms in total. The normalized spacial score (nSPS) is 12.1. The maximum Gasteiger partial charge on any atom is 0.247 e. The zero-order valence-electron chi connectivity index (χ0n) is 20.5. The second-order valence-corrected chi connectivity index (χ2v) is 10.1. The fourth-order valence-electron chi connectivity index (χ4n) is 4.52. The number of rotatable bonds is 8. The highest BCUT2D eigenvalue weighted by Crippen LogP contribution is 2.41. The summed E-state index contributed by atoms with van der Waals surface area (Å²) in [6.07, 6.45) is 0. The quantitative estimate of drug-likeness (QED) is 0.213. The molecule has 0 saturated carbocycles. The lowest BCUT2D eigenvalue weighted by Crippen LogP contribution is -2.39. The number of carbonyl (C=O) groups excluding carboxylic acids is 1. The second kappa shape index (κ2) is 10.8. The molecule has 0 N–H and O–H groups in total. The Morgan fingerprint density at radius 2 is 1.39 bits per heavy atom. The van der Waals surface area contributed by atoms with Crippen molar-refractivity contribution in [3.63, 3.8) is 0 Å². The summed E-state index contributed by atoms with van der Waals surface area (Å²) in [5, 5.41) is -0.0713. The van der Waals surface area contributed by atoms with E-state index in [0.29, 0.717) is 0 Å². The van der Waals surface area contributed by atoms with E-state index >= 15 is 0 Å². The van der Waals surface area contributed by atoms with Crippen molar-refractivity contribution in [3.05, 3.63) is 127 Å². The first-order valence-electron chi connectivity index (χ1n) is 12.2. The topological polar surface area (TPSA) is 38.1 Å². The molecular weight excluding hydrogens is 462 g/mol. The van der Waals surface area contributed by atoms with E-state index in [1.165, 1.54) is 0 Å². The van der Waals surface area contributed by atoms with Crippen LogP contribution in [0, 0.1) is 0 Å². The molecule has 1 atom stereocenters. The van der Waals surface area contributed by atoms with E-state index in [2.05, 4.69) is 73.0 Å². The molecule has 0 unspecified atom stereocenters. The van der Waals surface area contributed by atoms with Crippen molar-refractivity contribution >= 4 is 34.4 Å². The largest absolute Gasteiger partial charge is 0.317 e. The number of nitrogens with zero attached hydrogens (tertiary/aromatic N) is 3. The molecule has 0 aliphatic heterocycles. The van der Waals surface area contributed by atoms with Crippen molar-refractivity contribution in [2.45, 2.75) is 36.6 Å². The lowest BCUT2D eigenvalue weighted by atomic mass is 10.1. The van der Waals surface area contributed by atoms with E-state index in [0.717, 1.165) is 33.0 Å². The molecule has 1 amide bonds. The third kappa shape index (κ3) is 5.07. The summed E-state index contributed by atoms with van der Waals surface area (Å²) in [6, 6.07) is 38.8. The van der Waals surface area contributed by atoms with Gasteiger partial charge in [-0.2, -0.15) is 0 Å². The summed E-state index contributed by atoms with van der Waals surface area (Å²) in [5.74, 6) is 0.915. The molecule has 180 valence electrons. The van der Waals surface area contributed by atoms with Crippen LogP contribution in [0.15, 0.2) is 120 Å². The molecule has 5 rings (SSSR count). The van der Waals surface area contributed by atoms with Gasteiger partial charge in [-0.3, -0.25) is 4.79 Å². The molecule has 0 spiro atoms. The van der Waals surface area contributed by atoms with Gasteiger partial charge >= 0.3 is 0 Å². The zero-order valence-corrected chi connectivity index (χ0v) is 21.3. The molecule has 4 aromatic carbocycles. The van der Waals surface area contributed by atoms with Gasteiger partial charge in [0.15, 0.2) is 0 Å². The molecule has 0 aliphatic carbocycles. The van der Waals surface area contributed by atoms with Crippen LogP contribution in [0.2, 0.25) is 0 Å². The van der Waals surface area contributed by atoms with Crippen molar-refractivity contribution in [3.8, 4) is 0 Å². The minimum absolute atomic E-state index is 0.0294. The predicted octanol–water partition coefficient (Wildman–Crippen LogP) is 7.36. The Kier molecular flexibility index (Phi) is 7.19. The van der Waals surface area contributed by atoms with Crippen molar-refractivity contribution in [1.82, 2.24) is 9.55 Å². The van der Waals surface area contributed by atoms with Gasteiger partial charge in [0.05, 0.1) is 16.3 Å². The van der Waals surface area contributed by atoms with Crippen LogP contribution in [0.3, 0.4) is 0 Å². The zero-order chi connectivity index (χ0) is 24.9. The maximum atomic E-state index is 13.8. The van der Waals surface area contributed by atoms with Gasteiger partial charge in [-0.05, 0) is 55.8 Å². The number of benzene rings is 4. The molecule has 5 heteroatoms. The minimum atomic E-state index is -0.0713. The summed E-state index contributed by atoms with van der Waals surface area (Å²) in [6.45, 7) is 4.31. The monoisotopic (exact) mass is 491 g/mol. The fourth-order valence-corrected chi connectivity index (χ4v) is 5.69. The summed E-state index contributed by atoms with van der Waals surface area (Å²) in [5.41, 5.74) is 3.92. The van der Waals surface area contributed by atoms with Crippen LogP contribution < -0.4 is 4.90 Å². The Morgan fingerprint density at radius 3 is 2.06 bits per heavy atom. The highest BCUT2D eigenvalue weighted by Gasteiger charge is 2.27. The number of hydrogen-bond donors (Lipinski definition) is 0. The lowest BCUT2D eigenvalue weighted by Gasteiger charge is -2.28. The first-order chi connectivity index (χ1) is 17.6. The standard InChI is InChI=1S/C31H29N3OS/c1-23(2)34(25-16-8-4-9-17-25)29(35)22-33-28-21-13-12-20-27(28)32-31(33)30(24-14-6-3-7-15-24)36-26-18-10-5-11-19-26/h3-21,23,30H,22H2,1-2H3/t30-/m1/s1. The molecular formula is C31H29N3OS. The van der Waals surface area contributed by atoms with Crippen LogP contribution in [-0.4, -0.2) is 21.5 Å². The number of aromatic nitrogens is 2.